The van der Waals surface area contributed by atoms with E-state index in [0.29, 0.717) is 29.4 Å². The summed E-state index contributed by atoms with van der Waals surface area (Å²) in [6.07, 6.45) is 7.39. The average molecular weight is 482 g/mol. The van der Waals surface area contributed by atoms with Gasteiger partial charge >= 0.3 is 0 Å². The van der Waals surface area contributed by atoms with Crippen LogP contribution in [0.2, 0.25) is 0 Å². The minimum atomic E-state index is -0.615. The number of hydrogen-bond donors (Lipinski definition) is 3. The van der Waals surface area contributed by atoms with E-state index in [2.05, 4.69) is 32.2 Å². The Morgan fingerprint density at radius 3 is 2.74 bits per heavy atom. The zero-order chi connectivity index (χ0) is 25.4. The molecule has 0 amide bonds. The zero-order valence-corrected chi connectivity index (χ0v) is 19.8. The summed E-state index contributed by atoms with van der Waals surface area (Å²) in [5.41, 5.74) is 10.4. The van der Waals surface area contributed by atoms with Crippen LogP contribution in [-0.4, -0.2) is 48.5 Å². The van der Waals surface area contributed by atoms with Gasteiger partial charge in [-0.15, -0.1) is 0 Å². The van der Waals surface area contributed by atoms with Crippen molar-refractivity contribution in [2.45, 2.75) is 6.42 Å². The first kappa shape index (κ1) is 25.2. The van der Waals surface area contributed by atoms with E-state index in [0.717, 1.165) is 5.56 Å². The van der Waals surface area contributed by atoms with E-state index in [1.165, 1.54) is 32.6 Å². The van der Waals surface area contributed by atoms with Gasteiger partial charge < -0.3 is 25.5 Å². The summed E-state index contributed by atoms with van der Waals surface area (Å²) >= 11 is 0. The number of aliphatic imine (C=N–C) groups is 2. The number of nitrogens with one attached hydrogen (secondary N) is 1. The highest BCUT2D eigenvalue weighted by Crippen LogP contribution is 2.38. The SMILES string of the molecule is C=Nc1nc(N(C/C(N)=C/NN)c2cc(OC)cc(OC)c2F)ccc1N=CCc1cnn(C)c1. The van der Waals surface area contributed by atoms with Gasteiger partial charge in [0.1, 0.15) is 17.3 Å². The number of anilines is 2. The summed E-state index contributed by atoms with van der Waals surface area (Å²) in [5, 5.41) is 4.14. The van der Waals surface area contributed by atoms with Crippen molar-refractivity contribution < 1.29 is 13.9 Å². The van der Waals surface area contributed by atoms with E-state index in [-0.39, 0.29) is 23.8 Å². The van der Waals surface area contributed by atoms with E-state index in [9.17, 15) is 0 Å². The highest BCUT2D eigenvalue weighted by molar-refractivity contribution is 5.74. The fourth-order valence-electron chi connectivity index (χ4n) is 3.27. The molecule has 0 aliphatic carbocycles. The molecule has 0 fully saturated rings. The predicted molar refractivity (Wildman–Crippen MR) is 135 cm³/mol. The summed E-state index contributed by atoms with van der Waals surface area (Å²) in [5.74, 6) is 5.75. The maximum absolute atomic E-state index is 15.3. The Hall–Kier alpha value is -4.45. The zero-order valence-electron chi connectivity index (χ0n) is 19.8. The molecular formula is C23H28FN9O2. The van der Waals surface area contributed by atoms with Crippen LogP contribution in [0.15, 0.2) is 58.5 Å². The Morgan fingerprint density at radius 1 is 1.31 bits per heavy atom. The van der Waals surface area contributed by atoms with Crippen molar-refractivity contribution in [3.63, 3.8) is 0 Å². The van der Waals surface area contributed by atoms with Gasteiger partial charge in [0.15, 0.2) is 17.4 Å². The Bertz CT molecular complexity index is 1240. The maximum Gasteiger partial charge on any atom is 0.188 e. The quantitative estimate of drug-likeness (QED) is 0.216. The lowest BCUT2D eigenvalue weighted by molar-refractivity contribution is 0.374. The van der Waals surface area contributed by atoms with Crippen LogP contribution < -0.4 is 31.4 Å². The smallest absolute Gasteiger partial charge is 0.188 e. The Kier molecular flexibility index (Phi) is 8.35. The minimum absolute atomic E-state index is 0.00235. The number of nitrogens with two attached hydrogens (primary N) is 2. The van der Waals surface area contributed by atoms with Crippen LogP contribution in [0.5, 0.6) is 11.5 Å². The molecule has 5 N–H and O–H groups in total. The number of nitrogens with zero attached hydrogens (tertiary/aromatic N) is 6. The number of pyridine rings is 1. The number of rotatable bonds is 11. The number of hydrazine groups is 1. The van der Waals surface area contributed by atoms with Crippen LogP contribution in [0.3, 0.4) is 0 Å². The van der Waals surface area contributed by atoms with E-state index >= 15 is 4.39 Å². The lowest BCUT2D eigenvalue weighted by Gasteiger charge is -2.26. The molecule has 2 heterocycles. The molecule has 35 heavy (non-hydrogen) atoms. The van der Waals surface area contributed by atoms with Crippen molar-refractivity contribution in [2.24, 2.45) is 28.6 Å². The third kappa shape index (κ3) is 6.12. The molecular weight excluding hydrogens is 453 g/mol. The molecule has 0 saturated heterocycles. The standard InChI is InChI=1S/C23H28FN9O2/c1-27-23-18(28-8-7-15-11-30-32(2)13-15)5-6-21(31-23)33(14-16(25)12-29-26)19-9-17(34-3)10-20(35-4)22(19)24/h5-6,8-13,29H,1,7,14,25-26H2,2-4H3/b16-12-,28-8?. The van der Waals surface area contributed by atoms with Crippen molar-refractivity contribution in [3.05, 3.63) is 59.9 Å². The van der Waals surface area contributed by atoms with Crippen molar-refractivity contribution in [1.29, 1.82) is 0 Å². The van der Waals surface area contributed by atoms with Gasteiger partial charge in [0.2, 0.25) is 0 Å². The average Bonchev–Trinajstić information content (AvgIpc) is 3.28. The fourth-order valence-corrected chi connectivity index (χ4v) is 3.27. The molecule has 12 heteroatoms. The van der Waals surface area contributed by atoms with Crippen molar-refractivity contribution in [1.82, 2.24) is 20.2 Å². The van der Waals surface area contributed by atoms with Crippen LogP contribution in [-0.2, 0) is 13.5 Å². The summed E-state index contributed by atoms with van der Waals surface area (Å²) in [7, 11) is 4.69. The summed E-state index contributed by atoms with van der Waals surface area (Å²) in [6.45, 7) is 3.65. The second-order valence-corrected chi connectivity index (χ2v) is 7.34. The summed E-state index contributed by atoms with van der Waals surface area (Å²) in [4.78, 5) is 14.6. The van der Waals surface area contributed by atoms with Crippen LogP contribution >= 0.6 is 0 Å². The number of benzene rings is 1. The highest BCUT2D eigenvalue weighted by Gasteiger charge is 2.22. The van der Waals surface area contributed by atoms with Gasteiger partial charge in [-0.3, -0.25) is 15.5 Å². The number of methoxy groups -OCH3 is 2. The first-order valence-corrected chi connectivity index (χ1v) is 10.5. The number of halogens is 1. The first-order valence-electron chi connectivity index (χ1n) is 10.5. The molecule has 184 valence electrons. The molecule has 3 aromatic rings. The maximum atomic E-state index is 15.3. The van der Waals surface area contributed by atoms with E-state index in [4.69, 9.17) is 21.1 Å². The Morgan fingerprint density at radius 2 is 2.11 bits per heavy atom. The van der Waals surface area contributed by atoms with Gasteiger partial charge in [0.25, 0.3) is 0 Å². The molecule has 0 atom stereocenters. The van der Waals surface area contributed by atoms with Crippen LogP contribution in [0.4, 0.5) is 27.4 Å². The number of aryl methyl sites for hydroxylation is 1. The van der Waals surface area contributed by atoms with Gasteiger partial charge in [-0.25, -0.2) is 14.4 Å². The van der Waals surface area contributed by atoms with E-state index in [1.807, 2.05) is 13.2 Å². The molecule has 11 nitrogen and oxygen atoms in total. The minimum Gasteiger partial charge on any atom is -0.497 e. The van der Waals surface area contributed by atoms with Crippen molar-refractivity contribution in [2.75, 3.05) is 25.7 Å². The lowest BCUT2D eigenvalue weighted by atomic mass is 10.2. The second kappa shape index (κ2) is 11.6. The largest absolute Gasteiger partial charge is 0.497 e. The highest BCUT2D eigenvalue weighted by atomic mass is 19.1. The number of hydrogen-bond acceptors (Lipinski definition) is 10. The second-order valence-electron chi connectivity index (χ2n) is 7.34. The molecule has 0 unspecified atom stereocenters. The van der Waals surface area contributed by atoms with Gasteiger partial charge in [-0.05, 0) is 24.4 Å². The van der Waals surface area contributed by atoms with Gasteiger partial charge in [-0.1, -0.05) is 0 Å². The molecule has 2 aromatic heterocycles. The molecule has 0 radical (unpaired) electrons. The molecule has 3 rings (SSSR count). The molecule has 0 bridgehead atoms. The summed E-state index contributed by atoms with van der Waals surface area (Å²) < 4.78 is 27.5. The Balaban J connectivity index is 2.02. The molecule has 0 spiro atoms. The van der Waals surface area contributed by atoms with Crippen molar-refractivity contribution in [3.8, 4) is 11.5 Å². The lowest BCUT2D eigenvalue weighted by Crippen LogP contribution is -2.27. The van der Waals surface area contributed by atoms with Crippen LogP contribution in [0.25, 0.3) is 0 Å². The van der Waals surface area contributed by atoms with Gasteiger partial charge in [0, 0.05) is 49.9 Å². The van der Waals surface area contributed by atoms with E-state index in [1.54, 1.807) is 34.1 Å². The van der Waals surface area contributed by atoms with Crippen LogP contribution in [0.1, 0.15) is 5.56 Å². The third-order valence-electron chi connectivity index (χ3n) is 4.93. The number of ether oxygens (including phenoxy) is 2. The molecule has 0 aliphatic heterocycles. The van der Waals surface area contributed by atoms with Crippen LogP contribution in [0, 0.1) is 5.82 Å². The van der Waals surface area contributed by atoms with Crippen molar-refractivity contribution >= 4 is 35.9 Å². The third-order valence-corrected chi connectivity index (χ3v) is 4.93. The number of aromatic nitrogens is 3. The topological polar surface area (TPSA) is 141 Å². The fraction of sp³-hybridized carbons (Fsp3) is 0.217. The Labute approximate surface area is 202 Å². The first-order chi connectivity index (χ1) is 16.9. The van der Waals surface area contributed by atoms with Gasteiger partial charge in [0.05, 0.1) is 32.6 Å². The molecule has 0 aliphatic rings. The predicted octanol–water partition coefficient (Wildman–Crippen LogP) is 2.65. The normalized spacial score (nSPS) is 11.5. The summed E-state index contributed by atoms with van der Waals surface area (Å²) in [6, 6.07) is 6.36. The van der Waals surface area contributed by atoms with Gasteiger partial charge in [-0.2, -0.15) is 5.10 Å². The molecule has 1 aromatic carbocycles. The monoisotopic (exact) mass is 481 g/mol. The van der Waals surface area contributed by atoms with E-state index < -0.39 is 5.82 Å². The molecule has 0 saturated carbocycles.